The molecule has 1 aliphatic rings. The van der Waals surface area contributed by atoms with Crippen LogP contribution in [0.15, 0.2) is 58.5 Å². The lowest BCUT2D eigenvalue weighted by Gasteiger charge is -2.12. The third-order valence-corrected chi connectivity index (χ3v) is 5.81. The summed E-state index contributed by atoms with van der Waals surface area (Å²) in [5.41, 5.74) is 1.93. The van der Waals surface area contributed by atoms with Crippen LogP contribution >= 0.6 is 0 Å². The Morgan fingerprint density at radius 2 is 1.88 bits per heavy atom. The molecule has 138 valence electrons. The number of nitrogens with one attached hydrogen (secondary N) is 1. The average Bonchev–Trinajstić information content (AvgIpc) is 3.14. The normalized spacial score (nSPS) is 15.7. The third kappa shape index (κ3) is 4.19. The number of hydrogen-bond donors (Lipinski definition) is 1. The highest BCUT2D eigenvalue weighted by molar-refractivity contribution is 7.94. The summed E-state index contributed by atoms with van der Waals surface area (Å²) in [5, 5.41) is 4.41. The molecule has 2 aromatic carbocycles. The zero-order chi connectivity index (χ0) is 18.6. The second-order valence-corrected chi connectivity index (χ2v) is 7.93. The van der Waals surface area contributed by atoms with Crippen molar-refractivity contribution in [3.05, 3.63) is 59.1 Å². The van der Waals surface area contributed by atoms with Gasteiger partial charge in [0, 0.05) is 12.2 Å². The molecule has 0 bridgehead atoms. The lowest BCUT2D eigenvalue weighted by molar-refractivity contribution is 0.378. The lowest BCUT2D eigenvalue weighted by Crippen LogP contribution is -2.06. The predicted molar refractivity (Wildman–Crippen MR) is 101 cm³/mol. The van der Waals surface area contributed by atoms with E-state index in [1.165, 1.54) is 5.41 Å². The summed E-state index contributed by atoms with van der Waals surface area (Å²) in [7, 11) is -1.86. The number of benzene rings is 2. The Labute approximate surface area is 154 Å². The largest absolute Gasteiger partial charge is 0.493 e. The molecule has 1 N–H and O–H groups in total. The maximum atomic E-state index is 12.5. The molecule has 0 atom stereocenters. The van der Waals surface area contributed by atoms with Crippen molar-refractivity contribution < 1.29 is 17.9 Å². The first-order chi connectivity index (χ1) is 12.5. The van der Waals surface area contributed by atoms with Crippen LogP contribution in [-0.4, -0.2) is 22.1 Å². The molecule has 0 unspecified atom stereocenters. The van der Waals surface area contributed by atoms with Gasteiger partial charge in [0.1, 0.15) is 5.75 Å². The Kier molecular flexibility index (Phi) is 5.52. The number of aryl methyl sites for hydroxylation is 1. The van der Waals surface area contributed by atoms with Gasteiger partial charge in [-0.3, -0.25) is 0 Å². The smallest absolute Gasteiger partial charge is 0.201 e. The van der Waals surface area contributed by atoms with E-state index in [4.69, 9.17) is 9.47 Å². The number of rotatable bonds is 6. The van der Waals surface area contributed by atoms with E-state index in [2.05, 4.69) is 12.2 Å². The minimum atomic E-state index is -3.46. The Hall–Kier alpha value is -2.47. The first-order valence-electron chi connectivity index (χ1n) is 8.66. The summed E-state index contributed by atoms with van der Waals surface area (Å²) in [4.78, 5) is 0.249. The van der Waals surface area contributed by atoms with E-state index >= 15 is 0 Å². The fourth-order valence-corrected chi connectivity index (χ4v) is 4.04. The molecule has 0 amide bonds. The van der Waals surface area contributed by atoms with Crippen LogP contribution in [0.4, 0.5) is 0 Å². The SMILES string of the molecule is CCc1ccc(Oc2ccc(S(=O)(=O)/C=C3\CCCN3)cc2)c(OC)c1. The molecule has 1 fully saturated rings. The molecule has 1 aliphatic heterocycles. The monoisotopic (exact) mass is 373 g/mol. The molecule has 0 spiro atoms. The van der Waals surface area contributed by atoms with E-state index in [-0.39, 0.29) is 4.90 Å². The van der Waals surface area contributed by atoms with Crippen molar-refractivity contribution in [3.8, 4) is 17.2 Å². The van der Waals surface area contributed by atoms with Crippen LogP contribution in [0.2, 0.25) is 0 Å². The van der Waals surface area contributed by atoms with Crippen molar-refractivity contribution in [1.29, 1.82) is 0 Å². The molecule has 6 heteroatoms. The first-order valence-corrected chi connectivity index (χ1v) is 10.2. The van der Waals surface area contributed by atoms with Crippen LogP contribution in [0.1, 0.15) is 25.3 Å². The summed E-state index contributed by atoms with van der Waals surface area (Å²) in [5.74, 6) is 1.80. The van der Waals surface area contributed by atoms with E-state index in [0.717, 1.165) is 37.1 Å². The van der Waals surface area contributed by atoms with Gasteiger partial charge in [0.2, 0.25) is 9.84 Å². The van der Waals surface area contributed by atoms with Gasteiger partial charge in [-0.15, -0.1) is 0 Å². The van der Waals surface area contributed by atoms with Gasteiger partial charge in [0.15, 0.2) is 11.5 Å². The van der Waals surface area contributed by atoms with E-state index in [1.807, 2.05) is 18.2 Å². The highest BCUT2D eigenvalue weighted by atomic mass is 32.2. The van der Waals surface area contributed by atoms with Gasteiger partial charge in [0.05, 0.1) is 17.4 Å². The zero-order valence-corrected chi connectivity index (χ0v) is 15.8. The first kappa shape index (κ1) is 18.3. The Bertz CT molecular complexity index is 894. The molecular formula is C20H23NO4S. The summed E-state index contributed by atoms with van der Waals surface area (Å²) in [6.07, 6.45) is 2.65. The molecule has 26 heavy (non-hydrogen) atoms. The molecular weight excluding hydrogens is 350 g/mol. The standard InChI is InChI=1S/C20H23NO4S/c1-3-15-6-11-19(20(13-15)24-2)25-17-7-9-18(10-8-17)26(22,23)14-16-5-4-12-21-16/h6-11,13-14,21H,3-5,12H2,1-2H3/b16-14+. The van der Waals surface area contributed by atoms with Gasteiger partial charge in [-0.1, -0.05) is 13.0 Å². The summed E-state index contributed by atoms with van der Waals surface area (Å²) < 4.78 is 36.1. The maximum Gasteiger partial charge on any atom is 0.201 e. The highest BCUT2D eigenvalue weighted by Gasteiger charge is 2.15. The van der Waals surface area contributed by atoms with Crippen LogP contribution in [0.3, 0.4) is 0 Å². The van der Waals surface area contributed by atoms with Crippen molar-refractivity contribution in [2.75, 3.05) is 13.7 Å². The maximum absolute atomic E-state index is 12.5. The topological polar surface area (TPSA) is 64.6 Å². The molecule has 3 rings (SSSR count). The van der Waals surface area contributed by atoms with Crippen molar-refractivity contribution in [2.24, 2.45) is 0 Å². The molecule has 0 aliphatic carbocycles. The summed E-state index contributed by atoms with van der Waals surface area (Å²) in [6.45, 7) is 2.90. The lowest BCUT2D eigenvalue weighted by atomic mass is 10.1. The average molecular weight is 373 g/mol. The van der Waals surface area contributed by atoms with Gasteiger partial charge < -0.3 is 14.8 Å². The highest BCUT2D eigenvalue weighted by Crippen LogP contribution is 2.33. The van der Waals surface area contributed by atoms with Crippen LogP contribution in [0, 0.1) is 0 Å². The Balaban J connectivity index is 1.79. The summed E-state index contributed by atoms with van der Waals surface area (Å²) in [6, 6.07) is 12.2. The predicted octanol–water partition coefficient (Wildman–Crippen LogP) is 4.05. The van der Waals surface area contributed by atoms with Crippen LogP contribution in [0.5, 0.6) is 17.2 Å². The van der Waals surface area contributed by atoms with E-state index in [0.29, 0.717) is 17.2 Å². The molecule has 0 aromatic heterocycles. The minimum Gasteiger partial charge on any atom is -0.493 e. The second kappa shape index (κ2) is 7.83. The van der Waals surface area contributed by atoms with Gasteiger partial charge in [-0.2, -0.15) is 0 Å². The zero-order valence-electron chi connectivity index (χ0n) is 15.0. The van der Waals surface area contributed by atoms with E-state index in [1.54, 1.807) is 31.4 Å². The van der Waals surface area contributed by atoms with E-state index in [9.17, 15) is 8.42 Å². The molecule has 0 saturated carbocycles. The van der Waals surface area contributed by atoms with Gasteiger partial charge in [-0.25, -0.2) is 8.42 Å². The Morgan fingerprint density at radius 3 is 2.50 bits per heavy atom. The quantitative estimate of drug-likeness (QED) is 0.828. The minimum absolute atomic E-state index is 0.249. The fourth-order valence-electron chi connectivity index (χ4n) is 2.81. The Morgan fingerprint density at radius 1 is 1.12 bits per heavy atom. The van der Waals surface area contributed by atoms with Gasteiger partial charge >= 0.3 is 0 Å². The van der Waals surface area contributed by atoms with Crippen molar-refractivity contribution in [3.63, 3.8) is 0 Å². The molecule has 5 nitrogen and oxygen atoms in total. The molecule has 0 radical (unpaired) electrons. The second-order valence-electron chi connectivity index (χ2n) is 6.13. The van der Waals surface area contributed by atoms with Crippen LogP contribution in [-0.2, 0) is 16.3 Å². The van der Waals surface area contributed by atoms with Crippen molar-refractivity contribution in [2.45, 2.75) is 31.1 Å². The van der Waals surface area contributed by atoms with Crippen LogP contribution in [0.25, 0.3) is 0 Å². The fraction of sp³-hybridized carbons (Fsp3) is 0.300. The van der Waals surface area contributed by atoms with Crippen molar-refractivity contribution in [1.82, 2.24) is 5.32 Å². The van der Waals surface area contributed by atoms with E-state index < -0.39 is 9.84 Å². The molecule has 1 saturated heterocycles. The third-order valence-electron chi connectivity index (χ3n) is 4.29. The van der Waals surface area contributed by atoms with Gasteiger partial charge in [0.25, 0.3) is 0 Å². The number of methoxy groups -OCH3 is 1. The number of ether oxygens (including phenoxy) is 2. The molecule has 2 aromatic rings. The summed E-state index contributed by atoms with van der Waals surface area (Å²) >= 11 is 0. The molecule has 1 heterocycles. The number of sulfone groups is 1. The number of allylic oxidation sites excluding steroid dienone is 1. The van der Waals surface area contributed by atoms with Crippen LogP contribution < -0.4 is 14.8 Å². The number of hydrogen-bond acceptors (Lipinski definition) is 5. The van der Waals surface area contributed by atoms with Crippen molar-refractivity contribution >= 4 is 9.84 Å². The van der Waals surface area contributed by atoms with Gasteiger partial charge in [-0.05, 0) is 61.2 Å².